The van der Waals surface area contributed by atoms with Crippen molar-refractivity contribution in [2.45, 2.75) is 17.8 Å². The average molecular weight is 387 g/mol. The van der Waals surface area contributed by atoms with Gasteiger partial charge >= 0.3 is 0 Å². The molecule has 4 aromatic rings. The van der Waals surface area contributed by atoms with Gasteiger partial charge in [-0.1, -0.05) is 35.5 Å². The topological polar surface area (TPSA) is 81.5 Å². The Bertz CT molecular complexity index is 1050. The Balaban J connectivity index is 1.57. The summed E-state index contributed by atoms with van der Waals surface area (Å²) in [5.74, 6) is 2.17. The number of aromatic nitrogens is 6. The number of rotatable bonds is 6. The highest BCUT2D eigenvalue weighted by atomic mass is 35.5. The molecule has 0 fully saturated rings. The molecule has 26 heavy (non-hydrogen) atoms. The molecule has 0 saturated heterocycles. The predicted molar refractivity (Wildman–Crippen MR) is 101 cm³/mol. The lowest BCUT2D eigenvalue weighted by Gasteiger charge is -2.10. The second kappa shape index (κ2) is 7.35. The summed E-state index contributed by atoms with van der Waals surface area (Å²) in [5.41, 5.74) is 2.60. The van der Waals surface area contributed by atoms with Crippen molar-refractivity contribution in [2.75, 3.05) is 6.61 Å². The lowest BCUT2D eigenvalue weighted by atomic mass is 10.3. The summed E-state index contributed by atoms with van der Waals surface area (Å²) in [6, 6.07) is 13.3. The van der Waals surface area contributed by atoms with Gasteiger partial charge in [-0.05, 0) is 47.7 Å². The number of hydrogen-bond donors (Lipinski definition) is 1. The fourth-order valence-electron chi connectivity index (χ4n) is 2.57. The van der Waals surface area contributed by atoms with Crippen LogP contribution < -0.4 is 4.74 Å². The number of H-pyrrole nitrogens is 1. The Morgan fingerprint density at radius 3 is 3.00 bits per heavy atom. The van der Waals surface area contributed by atoms with Crippen molar-refractivity contribution in [3.05, 3.63) is 53.3 Å². The van der Waals surface area contributed by atoms with Gasteiger partial charge in [-0.15, -0.1) is 5.10 Å². The fraction of sp³-hybridized carbons (Fsp3) is 0.176. The van der Waals surface area contributed by atoms with Gasteiger partial charge in [-0.25, -0.2) is 4.98 Å². The number of hydrogen-bond acceptors (Lipinski definition) is 6. The molecule has 0 amide bonds. The highest BCUT2D eigenvalue weighted by Gasteiger charge is 2.14. The van der Waals surface area contributed by atoms with Gasteiger partial charge in [0.05, 0.1) is 23.4 Å². The number of halogens is 1. The van der Waals surface area contributed by atoms with Crippen LogP contribution in [0.15, 0.2) is 47.6 Å². The summed E-state index contributed by atoms with van der Waals surface area (Å²) in [6.45, 7) is 2.52. The number of aromatic amines is 1. The second-order valence-electron chi connectivity index (χ2n) is 5.41. The number of fused-ring (bicyclic) bond motifs is 1. The van der Waals surface area contributed by atoms with Crippen molar-refractivity contribution in [1.29, 1.82) is 0 Å². The first-order valence-corrected chi connectivity index (χ1v) is 9.38. The van der Waals surface area contributed by atoms with E-state index in [4.69, 9.17) is 16.3 Å². The van der Waals surface area contributed by atoms with Gasteiger partial charge in [0.25, 0.3) is 0 Å². The van der Waals surface area contributed by atoms with E-state index in [-0.39, 0.29) is 0 Å². The van der Waals surface area contributed by atoms with E-state index >= 15 is 0 Å². The predicted octanol–water partition coefficient (Wildman–Crippen LogP) is 3.88. The number of nitrogens with zero attached hydrogens (tertiary/aromatic N) is 5. The molecule has 0 aliphatic rings. The van der Waals surface area contributed by atoms with Crippen LogP contribution in [0.3, 0.4) is 0 Å². The van der Waals surface area contributed by atoms with Crippen LogP contribution in [0, 0.1) is 0 Å². The Hall–Kier alpha value is -2.58. The number of tetrazole rings is 1. The van der Waals surface area contributed by atoms with Crippen molar-refractivity contribution in [2.24, 2.45) is 0 Å². The highest BCUT2D eigenvalue weighted by Crippen LogP contribution is 2.27. The molecule has 2 aromatic heterocycles. The minimum Gasteiger partial charge on any atom is -0.492 e. The minimum atomic E-state index is 0.573. The van der Waals surface area contributed by atoms with Crippen molar-refractivity contribution in [1.82, 2.24) is 30.2 Å². The maximum Gasteiger partial charge on any atom is 0.214 e. The first-order valence-electron chi connectivity index (χ1n) is 8.02. The number of thioether (sulfide) groups is 1. The van der Waals surface area contributed by atoms with Crippen LogP contribution in [0.5, 0.6) is 5.75 Å². The van der Waals surface area contributed by atoms with Gasteiger partial charge in [0.1, 0.15) is 17.3 Å². The van der Waals surface area contributed by atoms with Gasteiger partial charge in [-0.3, -0.25) is 0 Å². The lowest BCUT2D eigenvalue weighted by molar-refractivity contribution is 0.337. The summed E-state index contributed by atoms with van der Waals surface area (Å²) in [7, 11) is 0. The largest absolute Gasteiger partial charge is 0.492 e. The summed E-state index contributed by atoms with van der Waals surface area (Å²) in [5, 5.41) is 13.4. The SMILES string of the molecule is CCOc1ccccc1-n1nnnc1SCc1nc2ccc(Cl)cc2[nH]1. The molecule has 2 heterocycles. The zero-order valence-corrected chi connectivity index (χ0v) is 15.5. The molecular weight excluding hydrogens is 372 g/mol. The number of benzene rings is 2. The Kier molecular flexibility index (Phi) is 4.77. The molecule has 0 spiro atoms. The molecule has 4 rings (SSSR count). The van der Waals surface area contributed by atoms with Crippen LogP contribution in [-0.4, -0.2) is 36.8 Å². The molecule has 0 radical (unpaired) electrons. The van der Waals surface area contributed by atoms with Crippen LogP contribution in [0.4, 0.5) is 0 Å². The van der Waals surface area contributed by atoms with E-state index in [9.17, 15) is 0 Å². The molecule has 132 valence electrons. The molecule has 1 N–H and O–H groups in total. The summed E-state index contributed by atoms with van der Waals surface area (Å²) in [4.78, 5) is 7.84. The molecule has 0 aliphatic carbocycles. The highest BCUT2D eigenvalue weighted by molar-refractivity contribution is 7.98. The van der Waals surface area contributed by atoms with E-state index in [2.05, 4.69) is 25.5 Å². The second-order valence-corrected chi connectivity index (χ2v) is 6.79. The standard InChI is InChI=1S/C17H15ClN6OS/c1-2-25-15-6-4-3-5-14(15)24-17(21-22-23-24)26-10-16-19-12-8-7-11(18)9-13(12)20-16/h3-9H,2,10H2,1H3,(H,19,20). The van der Waals surface area contributed by atoms with E-state index in [1.165, 1.54) is 11.8 Å². The first-order chi connectivity index (χ1) is 12.7. The van der Waals surface area contributed by atoms with Gasteiger partial charge in [0.15, 0.2) is 0 Å². The Morgan fingerprint density at radius 1 is 1.23 bits per heavy atom. The van der Waals surface area contributed by atoms with Gasteiger partial charge in [0, 0.05) is 5.02 Å². The number of imidazole rings is 1. The van der Waals surface area contributed by atoms with Gasteiger partial charge < -0.3 is 9.72 Å². The quantitative estimate of drug-likeness (QED) is 0.506. The van der Waals surface area contributed by atoms with E-state index in [1.54, 1.807) is 4.68 Å². The molecule has 0 bridgehead atoms. The van der Waals surface area contributed by atoms with Gasteiger partial charge in [0.2, 0.25) is 5.16 Å². The van der Waals surface area contributed by atoms with E-state index in [0.717, 1.165) is 28.3 Å². The smallest absolute Gasteiger partial charge is 0.214 e. The summed E-state index contributed by atoms with van der Waals surface area (Å²) < 4.78 is 7.35. The molecule has 0 aliphatic heterocycles. The normalized spacial score (nSPS) is 11.2. The van der Waals surface area contributed by atoms with Crippen LogP contribution >= 0.6 is 23.4 Å². The van der Waals surface area contributed by atoms with E-state index in [0.29, 0.717) is 22.5 Å². The molecule has 0 atom stereocenters. The molecule has 9 heteroatoms. The van der Waals surface area contributed by atoms with Crippen molar-refractivity contribution in [3.63, 3.8) is 0 Å². The number of nitrogens with one attached hydrogen (secondary N) is 1. The van der Waals surface area contributed by atoms with E-state index < -0.39 is 0 Å². The summed E-state index contributed by atoms with van der Waals surface area (Å²) >= 11 is 7.51. The summed E-state index contributed by atoms with van der Waals surface area (Å²) in [6.07, 6.45) is 0. The van der Waals surface area contributed by atoms with Crippen LogP contribution in [0.1, 0.15) is 12.7 Å². The van der Waals surface area contributed by atoms with E-state index in [1.807, 2.05) is 49.4 Å². The maximum atomic E-state index is 6.02. The molecule has 0 unspecified atom stereocenters. The first kappa shape index (κ1) is 16.9. The van der Waals surface area contributed by atoms with Crippen LogP contribution in [0.2, 0.25) is 5.02 Å². The Labute approximate surface area is 158 Å². The molecule has 2 aromatic carbocycles. The zero-order valence-electron chi connectivity index (χ0n) is 13.9. The van der Waals surface area contributed by atoms with Crippen molar-refractivity contribution >= 4 is 34.4 Å². The third-order valence-corrected chi connectivity index (χ3v) is 4.83. The Morgan fingerprint density at radius 2 is 2.12 bits per heavy atom. The van der Waals surface area contributed by atoms with Crippen LogP contribution in [-0.2, 0) is 5.75 Å². The van der Waals surface area contributed by atoms with Crippen molar-refractivity contribution in [3.8, 4) is 11.4 Å². The number of para-hydroxylation sites is 2. The fourth-order valence-corrected chi connectivity index (χ4v) is 3.49. The maximum absolute atomic E-state index is 6.02. The minimum absolute atomic E-state index is 0.573. The molecule has 0 saturated carbocycles. The van der Waals surface area contributed by atoms with Crippen molar-refractivity contribution < 1.29 is 4.74 Å². The lowest BCUT2D eigenvalue weighted by Crippen LogP contribution is -2.03. The molecule has 7 nitrogen and oxygen atoms in total. The van der Waals surface area contributed by atoms with Gasteiger partial charge in [-0.2, -0.15) is 4.68 Å². The molecular formula is C17H15ClN6OS. The third-order valence-electron chi connectivity index (χ3n) is 3.67. The monoisotopic (exact) mass is 386 g/mol. The third kappa shape index (κ3) is 3.38. The van der Waals surface area contributed by atoms with Crippen LogP contribution in [0.25, 0.3) is 16.7 Å². The number of ether oxygens (including phenoxy) is 1. The average Bonchev–Trinajstić information content (AvgIpc) is 3.26. The zero-order chi connectivity index (χ0) is 17.9.